The number of hydrogen-bond donors (Lipinski definition) is 1. The van der Waals surface area contributed by atoms with Crippen molar-refractivity contribution in [2.75, 3.05) is 0 Å². The topological polar surface area (TPSA) is 50.2 Å². The van der Waals surface area contributed by atoms with E-state index in [0.29, 0.717) is 5.15 Å². The molecule has 0 fully saturated rings. The van der Waals surface area contributed by atoms with Crippen LogP contribution in [0.25, 0.3) is 0 Å². The second-order valence-electron chi connectivity index (χ2n) is 2.18. The Bertz CT molecular complexity index is 221. The maximum atomic E-state index is 9.00. The molecule has 0 atom stereocenters. The van der Waals surface area contributed by atoms with Gasteiger partial charge in [-0.2, -0.15) is 0 Å². The summed E-state index contributed by atoms with van der Waals surface area (Å²) in [6.45, 7) is 3.06. The molecule has 0 aromatic carbocycles. The molecular formula is C8H10ClNO2. The van der Waals surface area contributed by atoms with E-state index in [-0.39, 0.29) is 0 Å². The van der Waals surface area contributed by atoms with Crippen LogP contribution in [0.1, 0.15) is 12.5 Å². The van der Waals surface area contributed by atoms with Gasteiger partial charge in [-0.1, -0.05) is 17.7 Å². The summed E-state index contributed by atoms with van der Waals surface area (Å²) >= 11 is 5.50. The smallest absolute Gasteiger partial charge is 0.300 e. The molecule has 0 aliphatic rings. The lowest BCUT2D eigenvalue weighted by molar-refractivity contribution is -0.134. The first-order chi connectivity index (χ1) is 5.52. The number of rotatable bonds is 0. The molecule has 0 saturated heterocycles. The van der Waals surface area contributed by atoms with Gasteiger partial charge in [-0.25, -0.2) is 4.98 Å². The number of aromatic nitrogens is 1. The van der Waals surface area contributed by atoms with E-state index in [1.807, 2.05) is 13.0 Å². The SMILES string of the molecule is CC(=O)O.Cc1ccc(Cl)nc1. The molecule has 1 aromatic rings. The first-order valence-electron chi connectivity index (χ1n) is 3.30. The predicted octanol–water partition coefficient (Wildman–Crippen LogP) is 2.13. The standard InChI is InChI=1S/C6H6ClN.C2H4O2/c1-5-2-3-6(7)8-4-5;1-2(3)4/h2-4H,1H3;1H3,(H,3,4). The maximum Gasteiger partial charge on any atom is 0.300 e. The zero-order valence-electron chi connectivity index (χ0n) is 6.91. The molecular weight excluding hydrogens is 178 g/mol. The Morgan fingerprint density at radius 1 is 1.58 bits per heavy atom. The molecule has 1 rings (SSSR count). The number of carboxylic acids is 1. The molecule has 0 aliphatic carbocycles. The molecule has 66 valence electrons. The first kappa shape index (κ1) is 10.9. The van der Waals surface area contributed by atoms with Gasteiger partial charge in [-0.15, -0.1) is 0 Å². The van der Waals surface area contributed by atoms with Crippen molar-refractivity contribution in [1.82, 2.24) is 4.98 Å². The highest BCUT2D eigenvalue weighted by atomic mass is 35.5. The maximum absolute atomic E-state index is 9.00. The average molecular weight is 188 g/mol. The van der Waals surface area contributed by atoms with E-state index in [9.17, 15) is 0 Å². The first-order valence-corrected chi connectivity index (χ1v) is 3.68. The van der Waals surface area contributed by atoms with E-state index in [1.165, 1.54) is 0 Å². The average Bonchev–Trinajstić information content (AvgIpc) is 1.94. The third-order valence-corrected chi connectivity index (χ3v) is 1.10. The molecule has 0 aliphatic heterocycles. The molecule has 1 N–H and O–H groups in total. The van der Waals surface area contributed by atoms with E-state index < -0.39 is 5.97 Å². The van der Waals surface area contributed by atoms with E-state index >= 15 is 0 Å². The zero-order chi connectivity index (χ0) is 9.56. The summed E-state index contributed by atoms with van der Waals surface area (Å²) < 4.78 is 0. The highest BCUT2D eigenvalue weighted by Gasteiger charge is 1.83. The lowest BCUT2D eigenvalue weighted by Crippen LogP contribution is -1.78. The van der Waals surface area contributed by atoms with Gasteiger partial charge < -0.3 is 5.11 Å². The van der Waals surface area contributed by atoms with Crippen LogP contribution in [0, 0.1) is 6.92 Å². The second kappa shape index (κ2) is 5.55. The van der Waals surface area contributed by atoms with Gasteiger partial charge in [0.15, 0.2) is 0 Å². The molecule has 0 amide bonds. The molecule has 4 heteroatoms. The van der Waals surface area contributed by atoms with Crippen molar-refractivity contribution in [2.45, 2.75) is 13.8 Å². The minimum absolute atomic E-state index is 0.551. The van der Waals surface area contributed by atoms with Gasteiger partial charge in [0, 0.05) is 13.1 Å². The van der Waals surface area contributed by atoms with Crippen LogP contribution < -0.4 is 0 Å². The van der Waals surface area contributed by atoms with Crippen LogP contribution in [-0.2, 0) is 4.79 Å². The van der Waals surface area contributed by atoms with Gasteiger partial charge >= 0.3 is 0 Å². The minimum atomic E-state index is -0.833. The van der Waals surface area contributed by atoms with Crippen LogP contribution in [0.15, 0.2) is 18.3 Å². The largest absolute Gasteiger partial charge is 0.481 e. The minimum Gasteiger partial charge on any atom is -0.481 e. The van der Waals surface area contributed by atoms with Crippen molar-refractivity contribution in [3.63, 3.8) is 0 Å². The molecule has 0 radical (unpaired) electrons. The van der Waals surface area contributed by atoms with Crippen LogP contribution >= 0.6 is 11.6 Å². The number of nitrogens with zero attached hydrogens (tertiary/aromatic N) is 1. The lowest BCUT2D eigenvalue weighted by Gasteiger charge is -1.87. The van der Waals surface area contributed by atoms with Crippen molar-refractivity contribution < 1.29 is 9.90 Å². The Morgan fingerprint density at radius 2 is 2.08 bits per heavy atom. The quantitative estimate of drug-likeness (QED) is 0.633. The third kappa shape index (κ3) is 7.02. The van der Waals surface area contributed by atoms with Crippen molar-refractivity contribution >= 4 is 17.6 Å². The number of hydrogen-bond acceptors (Lipinski definition) is 2. The van der Waals surface area contributed by atoms with Gasteiger partial charge in [0.1, 0.15) is 5.15 Å². The number of aliphatic carboxylic acids is 1. The molecule has 0 spiro atoms. The van der Waals surface area contributed by atoms with E-state index in [0.717, 1.165) is 12.5 Å². The van der Waals surface area contributed by atoms with E-state index in [4.69, 9.17) is 21.5 Å². The third-order valence-electron chi connectivity index (χ3n) is 0.875. The lowest BCUT2D eigenvalue weighted by atomic mass is 10.3. The van der Waals surface area contributed by atoms with Gasteiger partial charge in [-0.05, 0) is 18.6 Å². The highest BCUT2D eigenvalue weighted by molar-refractivity contribution is 6.29. The fraction of sp³-hybridized carbons (Fsp3) is 0.250. The van der Waals surface area contributed by atoms with Gasteiger partial charge in [0.2, 0.25) is 0 Å². The van der Waals surface area contributed by atoms with Crippen LogP contribution in [0.5, 0.6) is 0 Å². The molecule has 3 nitrogen and oxygen atoms in total. The van der Waals surface area contributed by atoms with Gasteiger partial charge in [-0.3, -0.25) is 4.79 Å². The Labute approximate surface area is 76.0 Å². The molecule has 12 heavy (non-hydrogen) atoms. The van der Waals surface area contributed by atoms with Crippen LogP contribution in [0.2, 0.25) is 5.15 Å². The van der Waals surface area contributed by atoms with Crippen LogP contribution in [0.4, 0.5) is 0 Å². The van der Waals surface area contributed by atoms with E-state index in [2.05, 4.69) is 4.98 Å². The summed E-state index contributed by atoms with van der Waals surface area (Å²) in [5.41, 5.74) is 1.13. The zero-order valence-corrected chi connectivity index (χ0v) is 7.67. The number of carboxylic acid groups (broad SMARTS) is 1. The Morgan fingerprint density at radius 3 is 2.33 bits per heavy atom. The summed E-state index contributed by atoms with van der Waals surface area (Å²) in [6.07, 6.45) is 1.74. The van der Waals surface area contributed by atoms with Crippen molar-refractivity contribution in [2.24, 2.45) is 0 Å². The number of aryl methyl sites for hydroxylation is 1. The van der Waals surface area contributed by atoms with Gasteiger partial charge in [0.05, 0.1) is 0 Å². The Kier molecular flexibility index (Phi) is 5.04. The fourth-order valence-electron chi connectivity index (χ4n) is 0.450. The number of carbonyl (C=O) groups is 1. The molecule has 0 bridgehead atoms. The normalized spacial score (nSPS) is 8.25. The molecule has 0 saturated carbocycles. The number of pyridine rings is 1. The molecule has 0 unspecified atom stereocenters. The van der Waals surface area contributed by atoms with Crippen LogP contribution in [0.3, 0.4) is 0 Å². The second-order valence-corrected chi connectivity index (χ2v) is 2.56. The predicted molar refractivity (Wildman–Crippen MR) is 47.3 cm³/mol. The Balaban J connectivity index is 0.000000261. The summed E-state index contributed by atoms with van der Waals surface area (Å²) in [6, 6.07) is 3.70. The molecule has 1 heterocycles. The molecule has 1 aromatic heterocycles. The Hall–Kier alpha value is -1.09. The summed E-state index contributed by atoms with van der Waals surface area (Å²) in [5.74, 6) is -0.833. The van der Waals surface area contributed by atoms with Crippen molar-refractivity contribution in [1.29, 1.82) is 0 Å². The van der Waals surface area contributed by atoms with E-state index in [1.54, 1.807) is 12.3 Å². The van der Waals surface area contributed by atoms with Crippen LogP contribution in [-0.4, -0.2) is 16.1 Å². The van der Waals surface area contributed by atoms with Crippen molar-refractivity contribution in [3.8, 4) is 0 Å². The highest BCUT2D eigenvalue weighted by Crippen LogP contribution is 2.02. The summed E-state index contributed by atoms with van der Waals surface area (Å²) in [4.78, 5) is 12.8. The monoisotopic (exact) mass is 187 g/mol. The number of halogens is 1. The van der Waals surface area contributed by atoms with Crippen molar-refractivity contribution in [3.05, 3.63) is 29.0 Å². The van der Waals surface area contributed by atoms with Gasteiger partial charge in [0.25, 0.3) is 5.97 Å². The summed E-state index contributed by atoms with van der Waals surface area (Å²) in [5, 5.41) is 7.97. The fourth-order valence-corrected chi connectivity index (χ4v) is 0.562. The summed E-state index contributed by atoms with van der Waals surface area (Å²) in [7, 11) is 0.